The molecule has 0 saturated carbocycles. The standard InChI is InChI=1S/C10H20O4/c1-3-8(2)6-4-5-7-14-10(13)9(11)12/h8-9,11-12H,3-7H2,1-2H3. The average Bonchev–Trinajstić information content (AvgIpc) is 2.16. The summed E-state index contributed by atoms with van der Waals surface area (Å²) in [6.07, 6.45) is 2.07. The molecule has 2 N–H and O–H groups in total. The Kier molecular flexibility index (Phi) is 7.42. The highest BCUT2D eigenvalue weighted by Gasteiger charge is 2.11. The Morgan fingerprint density at radius 1 is 1.36 bits per heavy atom. The van der Waals surface area contributed by atoms with Gasteiger partial charge < -0.3 is 14.9 Å². The molecule has 0 aromatic rings. The summed E-state index contributed by atoms with van der Waals surface area (Å²) in [5, 5.41) is 16.8. The number of aliphatic hydroxyl groups is 2. The van der Waals surface area contributed by atoms with Crippen molar-refractivity contribution in [3.8, 4) is 0 Å². The molecule has 0 radical (unpaired) electrons. The molecule has 0 aliphatic heterocycles. The van der Waals surface area contributed by atoms with Crippen molar-refractivity contribution in [3.63, 3.8) is 0 Å². The molecule has 1 atom stereocenters. The van der Waals surface area contributed by atoms with E-state index in [2.05, 4.69) is 18.6 Å². The molecule has 0 fully saturated rings. The minimum Gasteiger partial charge on any atom is -0.462 e. The van der Waals surface area contributed by atoms with Crippen LogP contribution in [0.25, 0.3) is 0 Å². The van der Waals surface area contributed by atoms with Gasteiger partial charge in [-0.1, -0.05) is 26.7 Å². The third-order valence-corrected chi connectivity index (χ3v) is 2.24. The minimum atomic E-state index is -2.00. The third kappa shape index (κ3) is 6.86. The molecular weight excluding hydrogens is 184 g/mol. The number of hydrogen-bond donors (Lipinski definition) is 2. The summed E-state index contributed by atoms with van der Waals surface area (Å²) in [4.78, 5) is 10.6. The van der Waals surface area contributed by atoms with Crippen LogP contribution in [0.1, 0.15) is 39.5 Å². The number of unbranched alkanes of at least 4 members (excludes halogenated alkanes) is 1. The van der Waals surface area contributed by atoms with Crippen molar-refractivity contribution >= 4 is 5.97 Å². The number of carbonyl (C=O) groups is 1. The summed E-state index contributed by atoms with van der Waals surface area (Å²) < 4.78 is 4.58. The maximum Gasteiger partial charge on any atom is 0.363 e. The lowest BCUT2D eigenvalue weighted by Crippen LogP contribution is -2.22. The molecule has 0 heterocycles. The Labute approximate surface area is 84.9 Å². The van der Waals surface area contributed by atoms with Crippen LogP contribution in [0.5, 0.6) is 0 Å². The van der Waals surface area contributed by atoms with Gasteiger partial charge in [-0.25, -0.2) is 4.79 Å². The highest BCUT2D eigenvalue weighted by Crippen LogP contribution is 2.10. The minimum absolute atomic E-state index is 0.271. The molecule has 0 aromatic carbocycles. The van der Waals surface area contributed by atoms with Crippen molar-refractivity contribution in [2.45, 2.75) is 45.8 Å². The molecule has 84 valence electrons. The van der Waals surface area contributed by atoms with Gasteiger partial charge in [-0.2, -0.15) is 0 Å². The summed E-state index contributed by atoms with van der Waals surface area (Å²) in [6, 6.07) is 0. The van der Waals surface area contributed by atoms with Gasteiger partial charge in [0.1, 0.15) is 0 Å². The Bertz CT molecular complexity index is 156. The number of esters is 1. The number of aliphatic hydroxyl groups excluding tert-OH is 1. The van der Waals surface area contributed by atoms with Crippen LogP contribution < -0.4 is 0 Å². The zero-order valence-electron chi connectivity index (χ0n) is 8.90. The molecule has 0 aliphatic carbocycles. The van der Waals surface area contributed by atoms with Crippen LogP contribution in [0.3, 0.4) is 0 Å². The maximum absolute atomic E-state index is 10.6. The Morgan fingerprint density at radius 2 is 2.00 bits per heavy atom. The Morgan fingerprint density at radius 3 is 2.50 bits per heavy atom. The van der Waals surface area contributed by atoms with Gasteiger partial charge >= 0.3 is 5.97 Å². The third-order valence-electron chi connectivity index (χ3n) is 2.24. The van der Waals surface area contributed by atoms with Crippen molar-refractivity contribution in [3.05, 3.63) is 0 Å². The summed E-state index contributed by atoms with van der Waals surface area (Å²) in [6.45, 7) is 4.60. The first kappa shape index (κ1) is 13.4. The van der Waals surface area contributed by atoms with E-state index in [9.17, 15) is 4.79 Å². The fraction of sp³-hybridized carbons (Fsp3) is 0.900. The van der Waals surface area contributed by atoms with Crippen molar-refractivity contribution < 1.29 is 19.7 Å². The number of ether oxygens (including phenoxy) is 1. The van der Waals surface area contributed by atoms with E-state index in [1.54, 1.807) is 0 Å². The molecule has 4 nitrogen and oxygen atoms in total. The number of carbonyl (C=O) groups excluding carboxylic acids is 1. The lowest BCUT2D eigenvalue weighted by Gasteiger charge is -2.08. The van der Waals surface area contributed by atoms with Gasteiger partial charge in [-0.15, -0.1) is 0 Å². The molecule has 0 bridgehead atoms. The largest absolute Gasteiger partial charge is 0.462 e. The lowest BCUT2D eigenvalue weighted by molar-refractivity contribution is -0.173. The molecule has 0 rings (SSSR count). The van der Waals surface area contributed by atoms with E-state index in [0.29, 0.717) is 5.92 Å². The highest BCUT2D eigenvalue weighted by atomic mass is 16.6. The van der Waals surface area contributed by atoms with Crippen LogP contribution in [0.4, 0.5) is 0 Å². The molecule has 4 heteroatoms. The second kappa shape index (κ2) is 7.76. The van der Waals surface area contributed by atoms with Crippen LogP contribution >= 0.6 is 0 Å². The van der Waals surface area contributed by atoms with E-state index < -0.39 is 12.3 Å². The molecular formula is C10H20O4. The van der Waals surface area contributed by atoms with Crippen molar-refractivity contribution in [1.82, 2.24) is 0 Å². The van der Waals surface area contributed by atoms with E-state index in [-0.39, 0.29) is 6.61 Å². The summed E-state index contributed by atoms with van der Waals surface area (Å²) >= 11 is 0. The van der Waals surface area contributed by atoms with E-state index >= 15 is 0 Å². The van der Waals surface area contributed by atoms with Crippen LogP contribution in [0.15, 0.2) is 0 Å². The van der Waals surface area contributed by atoms with Crippen LogP contribution in [0, 0.1) is 5.92 Å². The van der Waals surface area contributed by atoms with Crippen molar-refractivity contribution in [2.24, 2.45) is 5.92 Å². The Balaban J connectivity index is 3.26. The first-order chi connectivity index (χ1) is 6.57. The molecule has 0 spiro atoms. The van der Waals surface area contributed by atoms with Gasteiger partial charge in [0.05, 0.1) is 6.61 Å². The van der Waals surface area contributed by atoms with Crippen molar-refractivity contribution in [2.75, 3.05) is 6.61 Å². The molecule has 0 amide bonds. The Hall–Kier alpha value is -0.610. The summed E-state index contributed by atoms with van der Waals surface area (Å²) in [7, 11) is 0. The average molecular weight is 204 g/mol. The van der Waals surface area contributed by atoms with Crippen LogP contribution in [-0.4, -0.2) is 29.1 Å². The summed E-state index contributed by atoms with van der Waals surface area (Å²) in [5.41, 5.74) is 0. The molecule has 14 heavy (non-hydrogen) atoms. The van der Waals surface area contributed by atoms with Gasteiger partial charge in [0.25, 0.3) is 6.29 Å². The highest BCUT2D eigenvalue weighted by molar-refractivity contribution is 5.72. The van der Waals surface area contributed by atoms with Gasteiger partial charge in [-0.05, 0) is 18.8 Å². The second-order valence-corrected chi connectivity index (χ2v) is 3.55. The molecule has 0 saturated heterocycles. The SMILES string of the molecule is CCC(C)CCCCOC(=O)C(O)O. The predicted molar refractivity (Wildman–Crippen MR) is 52.5 cm³/mol. The van der Waals surface area contributed by atoms with Gasteiger partial charge in [0, 0.05) is 0 Å². The van der Waals surface area contributed by atoms with E-state index in [1.165, 1.54) is 0 Å². The van der Waals surface area contributed by atoms with E-state index in [4.69, 9.17) is 10.2 Å². The predicted octanol–water partition coefficient (Wildman–Crippen LogP) is 1.06. The van der Waals surface area contributed by atoms with E-state index in [1.807, 2.05) is 0 Å². The normalized spacial score (nSPS) is 12.9. The number of hydrogen-bond acceptors (Lipinski definition) is 4. The second-order valence-electron chi connectivity index (χ2n) is 3.55. The quantitative estimate of drug-likeness (QED) is 0.369. The van der Waals surface area contributed by atoms with Gasteiger partial charge in [-0.3, -0.25) is 0 Å². The molecule has 0 aliphatic rings. The first-order valence-electron chi connectivity index (χ1n) is 5.10. The fourth-order valence-corrected chi connectivity index (χ4v) is 1.05. The molecule has 0 aromatic heterocycles. The first-order valence-corrected chi connectivity index (χ1v) is 5.10. The lowest BCUT2D eigenvalue weighted by atomic mass is 10.0. The number of rotatable bonds is 7. The smallest absolute Gasteiger partial charge is 0.363 e. The van der Waals surface area contributed by atoms with Crippen LogP contribution in [-0.2, 0) is 9.53 Å². The fourth-order valence-electron chi connectivity index (χ4n) is 1.05. The maximum atomic E-state index is 10.6. The monoisotopic (exact) mass is 204 g/mol. The van der Waals surface area contributed by atoms with Crippen molar-refractivity contribution in [1.29, 1.82) is 0 Å². The van der Waals surface area contributed by atoms with Gasteiger partial charge in [0.2, 0.25) is 0 Å². The topological polar surface area (TPSA) is 66.8 Å². The summed E-state index contributed by atoms with van der Waals surface area (Å²) in [5.74, 6) is -0.261. The van der Waals surface area contributed by atoms with Gasteiger partial charge in [0.15, 0.2) is 0 Å². The molecule has 1 unspecified atom stereocenters. The van der Waals surface area contributed by atoms with Crippen LogP contribution in [0.2, 0.25) is 0 Å². The zero-order chi connectivity index (χ0) is 11.0. The van der Waals surface area contributed by atoms with E-state index in [0.717, 1.165) is 25.7 Å². The zero-order valence-corrected chi connectivity index (χ0v) is 8.90.